The average Bonchev–Trinajstić information content (AvgIpc) is 2.83. The second-order valence-corrected chi connectivity index (χ2v) is 7.65. The zero-order valence-corrected chi connectivity index (χ0v) is 19.2. The fourth-order valence-corrected chi connectivity index (χ4v) is 3.07. The van der Waals surface area contributed by atoms with Crippen molar-refractivity contribution < 1.29 is 9.53 Å². The molecule has 2 aromatic rings. The van der Waals surface area contributed by atoms with E-state index in [1.807, 2.05) is 24.3 Å². The fraction of sp³-hybridized carbons (Fsp3) is 0.480. The molecule has 0 aromatic heterocycles. The van der Waals surface area contributed by atoms with Crippen molar-refractivity contribution in [3.8, 4) is 5.75 Å². The summed E-state index contributed by atoms with van der Waals surface area (Å²) in [6.07, 6.45) is 7.51. The standard InChI is InChI=1S/C25H37N5O2/c1-2-3-4-5-6-7-20-32-24-14-12-23(13-15-24)30-29-22-10-8-21(9-11-22)25(31)28-19-18-27-17-16-26/h8-15,27H,2-7,16-20,26H2,1H3,(H,28,31). The highest BCUT2D eigenvalue weighted by atomic mass is 16.5. The van der Waals surface area contributed by atoms with Crippen molar-refractivity contribution in [1.29, 1.82) is 0 Å². The molecule has 2 rings (SSSR count). The molecule has 0 saturated heterocycles. The van der Waals surface area contributed by atoms with Gasteiger partial charge in [0.2, 0.25) is 0 Å². The maximum absolute atomic E-state index is 12.1. The van der Waals surface area contributed by atoms with Crippen LogP contribution in [0.4, 0.5) is 11.4 Å². The van der Waals surface area contributed by atoms with Gasteiger partial charge in [-0.2, -0.15) is 10.2 Å². The average molecular weight is 440 g/mol. The highest BCUT2D eigenvalue weighted by molar-refractivity contribution is 5.94. The molecular weight excluding hydrogens is 402 g/mol. The number of benzene rings is 2. The lowest BCUT2D eigenvalue weighted by Gasteiger charge is -2.06. The Bertz CT molecular complexity index is 791. The second kappa shape index (κ2) is 15.9. The van der Waals surface area contributed by atoms with Gasteiger partial charge in [-0.3, -0.25) is 4.79 Å². The lowest BCUT2D eigenvalue weighted by Crippen LogP contribution is -2.33. The van der Waals surface area contributed by atoms with Gasteiger partial charge in [0.25, 0.3) is 5.91 Å². The van der Waals surface area contributed by atoms with Gasteiger partial charge in [0.1, 0.15) is 5.75 Å². The Morgan fingerprint density at radius 3 is 2.12 bits per heavy atom. The topological polar surface area (TPSA) is 101 Å². The first-order valence-electron chi connectivity index (χ1n) is 11.7. The number of hydrogen-bond acceptors (Lipinski definition) is 6. The van der Waals surface area contributed by atoms with Gasteiger partial charge in [0.15, 0.2) is 0 Å². The SMILES string of the molecule is CCCCCCCCOc1ccc(N=Nc2ccc(C(=O)NCCNCCN)cc2)cc1. The summed E-state index contributed by atoms with van der Waals surface area (Å²) in [5.74, 6) is 0.741. The number of amides is 1. The number of unbranched alkanes of at least 4 members (excludes halogenated alkanes) is 5. The number of ether oxygens (including phenoxy) is 1. The molecule has 0 aliphatic carbocycles. The van der Waals surface area contributed by atoms with E-state index < -0.39 is 0 Å². The smallest absolute Gasteiger partial charge is 0.251 e. The van der Waals surface area contributed by atoms with E-state index in [2.05, 4.69) is 27.8 Å². The lowest BCUT2D eigenvalue weighted by atomic mass is 10.1. The van der Waals surface area contributed by atoms with E-state index in [1.54, 1.807) is 24.3 Å². The second-order valence-electron chi connectivity index (χ2n) is 7.65. The van der Waals surface area contributed by atoms with E-state index in [0.29, 0.717) is 30.9 Å². The minimum atomic E-state index is -0.111. The van der Waals surface area contributed by atoms with Gasteiger partial charge in [0, 0.05) is 31.7 Å². The van der Waals surface area contributed by atoms with Gasteiger partial charge >= 0.3 is 0 Å². The van der Waals surface area contributed by atoms with Crippen LogP contribution in [-0.4, -0.2) is 38.7 Å². The van der Waals surface area contributed by atoms with Crippen molar-refractivity contribution in [2.45, 2.75) is 45.4 Å². The van der Waals surface area contributed by atoms with E-state index in [1.165, 1.54) is 32.1 Å². The maximum atomic E-state index is 12.1. The van der Waals surface area contributed by atoms with Gasteiger partial charge in [-0.15, -0.1) is 0 Å². The molecule has 0 saturated carbocycles. The van der Waals surface area contributed by atoms with Crippen LogP contribution in [0.25, 0.3) is 0 Å². The quantitative estimate of drug-likeness (QED) is 0.250. The molecule has 4 N–H and O–H groups in total. The first kappa shape index (κ1) is 25.5. The molecule has 0 aliphatic heterocycles. The number of carbonyl (C=O) groups is 1. The van der Waals surface area contributed by atoms with Crippen LogP contribution in [0.5, 0.6) is 5.75 Å². The molecule has 7 nitrogen and oxygen atoms in total. The molecule has 0 spiro atoms. The van der Waals surface area contributed by atoms with Crippen molar-refractivity contribution in [2.75, 3.05) is 32.8 Å². The van der Waals surface area contributed by atoms with E-state index in [-0.39, 0.29) is 5.91 Å². The van der Waals surface area contributed by atoms with Crippen LogP contribution in [0.15, 0.2) is 58.8 Å². The molecule has 0 heterocycles. The van der Waals surface area contributed by atoms with Crippen molar-refractivity contribution in [3.63, 3.8) is 0 Å². The summed E-state index contributed by atoms with van der Waals surface area (Å²) in [4.78, 5) is 12.1. The molecule has 2 aromatic carbocycles. The third kappa shape index (κ3) is 10.5. The zero-order chi connectivity index (χ0) is 22.9. The molecule has 0 unspecified atom stereocenters. The third-order valence-electron chi connectivity index (χ3n) is 4.92. The molecule has 7 heteroatoms. The highest BCUT2D eigenvalue weighted by Gasteiger charge is 2.04. The van der Waals surface area contributed by atoms with Crippen LogP contribution in [0.2, 0.25) is 0 Å². The Balaban J connectivity index is 1.71. The van der Waals surface area contributed by atoms with Crippen LogP contribution in [0.3, 0.4) is 0 Å². The number of nitrogens with one attached hydrogen (secondary N) is 2. The monoisotopic (exact) mass is 439 g/mol. The van der Waals surface area contributed by atoms with Crippen molar-refractivity contribution in [1.82, 2.24) is 10.6 Å². The summed E-state index contributed by atoms with van der Waals surface area (Å²) in [7, 11) is 0. The van der Waals surface area contributed by atoms with Gasteiger partial charge in [-0.25, -0.2) is 0 Å². The maximum Gasteiger partial charge on any atom is 0.251 e. The molecule has 1 amide bonds. The number of rotatable bonds is 16. The summed E-state index contributed by atoms with van der Waals surface area (Å²) in [6, 6.07) is 14.7. The number of nitrogens with two attached hydrogens (primary N) is 1. The summed E-state index contributed by atoms with van der Waals surface area (Å²) >= 11 is 0. The number of hydrogen-bond donors (Lipinski definition) is 3. The molecule has 0 aliphatic rings. The Kier molecular flexibility index (Phi) is 12.7. The summed E-state index contributed by atoms with van der Waals surface area (Å²) < 4.78 is 5.79. The van der Waals surface area contributed by atoms with Crippen LogP contribution in [0, 0.1) is 0 Å². The molecule has 0 radical (unpaired) electrons. The van der Waals surface area contributed by atoms with Crippen molar-refractivity contribution >= 4 is 17.3 Å². The number of carbonyl (C=O) groups excluding carboxylic acids is 1. The molecule has 0 fully saturated rings. The van der Waals surface area contributed by atoms with Gasteiger partial charge in [0.05, 0.1) is 18.0 Å². The van der Waals surface area contributed by atoms with E-state index >= 15 is 0 Å². The molecule has 32 heavy (non-hydrogen) atoms. The van der Waals surface area contributed by atoms with Crippen LogP contribution >= 0.6 is 0 Å². The minimum absolute atomic E-state index is 0.111. The Labute approximate surface area is 191 Å². The Morgan fingerprint density at radius 1 is 0.844 bits per heavy atom. The predicted octanol–water partition coefficient (Wildman–Crippen LogP) is 5.12. The molecule has 0 bridgehead atoms. The predicted molar refractivity (Wildman–Crippen MR) is 130 cm³/mol. The summed E-state index contributed by atoms with van der Waals surface area (Å²) in [5.41, 5.74) is 7.45. The Hall–Kier alpha value is -2.77. The normalized spacial score (nSPS) is 11.1. The largest absolute Gasteiger partial charge is 0.494 e. The number of azo groups is 1. The highest BCUT2D eigenvalue weighted by Crippen LogP contribution is 2.22. The van der Waals surface area contributed by atoms with Crippen LogP contribution < -0.4 is 21.1 Å². The van der Waals surface area contributed by atoms with Gasteiger partial charge in [-0.1, -0.05) is 39.0 Å². The Morgan fingerprint density at radius 2 is 1.47 bits per heavy atom. The number of nitrogens with zero attached hydrogens (tertiary/aromatic N) is 2. The van der Waals surface area contributed by atoms with E-state index in [4.69, 9.17) is 10.5 Å². The van der Waals surface area contributed by atoms with Crippen molar-refractivity contribution in [3.05, 3.63) is 54.1 Å². The minimum Gasteiger partial charge on any atom is -0.494 e. The van der Waals surface area contributed by atoms with Crippen molar-refractivity contribution in [2.24, 2.45) is 16.0 Å². The van der Waals surface area contributed by atoms with Crippen LogP contribution in [0.1, 0.15) is 55.8 Å². The van der Waals surface area contributed by atoms with Gasteiger partial charge < -0.3 is 21.1 Å². The van der Waals surface area contributed by atoms with Crippen LogP contribution in [-0.2, 0) is 0 Å². The molecule has 0 atom stereocenters. The van der Waals surface area contributed by atoms with E-state index in [9.17, 15) is 4.79 Å². The third-order valence-corrected chi connectivity index (χ3v) is 4.92. The summed E-state index contributed by atoms with van der Waals surface area (Å²) in [5, 5.41) is 14.5. The molecule has 174 valence electrons. The lowest BCUT2D eigenvalue weighted by molar-refractivity contribution is 0.0954. The molecular formula is C25H37N5O2. The van der Waals surface area contributed by atoms with Gasteiger partial charge in [-0.05, 0) is 55.0 Å². The van der Waals surface area contributed by atoms with E-state index in [0.717, 1.165) is 31.0 Å². The fourth-order valence-electron chi connectivity index (χ4n) is 3.07. The first-order chi connectivity index (χ1) is 15.7. The summed E-state index contributed by atoms with van der Waals surface area (Å²) in [6.45, 7) is 5.55. The first-order valence-corrected chi connectivity index (χ1v) is 11.7. The zero-order valence-electron chi connectivity index (χ0n) is 19.2.